The summed E-state index contributed by atoms with van der Waals surface area (Å²) in [4.78, 5) is 12.7. The van der Waals surface area contributed by atoms with E-state index in [1.807, 2.05) is 41.2 Å². The summed E-state index contributed by atoms with van der Waals surface area (Å²) in [5.74, 6) is 0.0802. The average molecular weight is 410 g/mol. The van der Waals surface area contributed by atoms with Crippen molar-refractivity contribution in [2.45, 2.75) is 24.3 Å². The normalized spacial score (nSPS) is 13.9. The molecular weight excluding hydrogens is 388 g/mol. The number of hydrogen-bond acceptors (Lipinski definition) is 4. The summed E-state index contributed by atoms with van der Waals surface area (Å²) in [6.07, 6.45) is 5.73. The van der Waals surface area contributed by atoms with Gasteiger partial charge in [0.15, 0.2) is 0 Å². The van der Waals surface area contributed by atoms with Gasteiger partial charge in [0.2, 0.25) is 10.0 Å². The maximum Gasteiger partial charge on any atom is 0.255 e. The van der Waals surface area contributed by atoms with Crippen molar-refractivity contribution in [3.8, 4) is 0 Å². The lowest BCUT2D eigenvalue weighted by molar-refractivity contribution is 0.102. The average Bonchev–Trinajstić information content (AvgIpc) is 3.43. The van der Waals surface area contributed by atoms with Gasteiger partial charge in [0.05, 0.1) is 11.4 Å². The number of sulfonamides is 1. The molecule has 0 saturated heterocycles. The van der Waals surface area contributed by atoms with Gasteiger partial charge in [-0.2, -0.15) is 5.10 Å². The van der Waals surface area contributed by atoms with Gasteiger partial charge in [-0.1, -0.05) is 18.2 Å². The zero-order valence-corrected chi connectivity index (χ0v) is 16.6. The summed E-state index contributed by atoms with van der Waals surface area (Å²) in [5.41, 5.74) is 1.99. The van der Waals surface area contributed by atoms with Gasteiger partial charge in [-0.25, -0.2) is 13.1 Å². The van der Waals surface area contributed by atoms with E-state index in [9.17, 15) is 13.2 Å². The van der Waals surface area contributed by atoms with Gasteiger partial charge in [-0.05, 0) is 60.7 Å². The molecule has 7 nitrogen and oxygen atoms in total. The van der Waals surface area contributed by atoms with Crippen LogP contribution >= 0.6 is 0 Å². The zero-order valence-electron chi connectivity index (χ0n) is 15.8. The fraction of sp³-hybridized carbons (Fsp3) is 0.238. The first-order valence-electron chi connectivity index (χ1n) is 9.47. The molecule has 1 aliphatic carbocycles. The van der Waals surface area contributed by atoms with Crippen molar-refractivity contribution in [1.29, 1.82) is 0 Å². The monoisotopic (exact) mass is 410 g/mol. The Hall–Kier alpha value is -2.97. The van der Waals surface area contributed by atoms with Crippen molar-refractivity contribution in [3.05, 3.63) is 78.1 Å². The van der Waals surface area contributed by atoms with E-state index < -0.39 is 10.0 Å². The third-order valence-electron chi connectivity index (χ3n) is 4.78. The minimum absolute atomic E-state index is 0.0976. The van der Waals surface area contributed by atoms with Crippen molar-refractivity contribution in [3.63, 3.8) is 0 Å². The molecule has 0 aliphatic heterocycles. The van der Waals surface area contributed by atoms with E-state index in [4.69, 9.17) is 0 Å². The van der Waals surface area contributed by atoms with Crippen LogP contribution in [0.15, 0.2) is 71.9 Å². The van der Waals surface area contributed by atoms with Crippen LogP contribution < -0.4 is 10.0 Å². The van der Waals surface area contributed by atoms with Gasteiger partial charge in [0.1, 0.15) is 0 Å². The Bertz CT molecular complexity index is 1090. The second-order valence-corrected chi connectivity index (χ2v) is 8.94. The Balaban J connectivity index is 1.41. The molecule has 0 radical (unpaired) electrons. The fourth-order valence-corrected chi connectivity index (χ4v) is 4.08. The third-order valence-corrected chi connectivity index (χ3v) is 6.20. The molecule has 2 N–H and O–H groups in total. The van der Waals surface area contributed by atoms with E-state index >= 15 is 0 Å². The van der Waals surface area contributed by atoms with Crippen LogP contribution in [0.25, 0.3) is 0 Å². The third kappa shape index (κ3) is 5.10. The van der Waals surface area contributed by atoms with Gasteiger partial charge in [0, 0.05) is 30.2 Å². The van der Waals surface area contributed by atoms with Crippen LogP contribution in [0.2, 0.25) is 0 Å². The number of nitrogens with zero attached hydrogens (tertiary/aromatic N) is 2. The summed E-state index contributed by atoms with van der Waals surface area (Å²) in [6.45, 7) is 1.10. The lowest BCUT2D eigenvalue weighted by Gasteiger charge is -2.09. The standard InChI is InChI=1S/C21H22N4O3S/c26-21(24-19-9-7-17(8-10-19)15-25-12-2-11-22-25)18-3-1-4-20(13-18)29(27,28)23-14-16-5-6-16/h1-4,7-13,16,23H,5-6,14-15H2,(H,24,26). The molecule has 8 heteroatoms. The number of anilines is 1. The minimum Gasteiger partial charge on any atom is -0.322 e. The molecule has 29 heavy (non-hydrogen) atoms. The van der Waals surface area contributed by atoms with Crippen molar-refractivity contribution in [1.82, 2.24) is 14.5 Å². The molecule has 0 unspecified atom stereocenters. The first-order chi connectivity index (χ1) is 14.0. The Labute approximate surface area is 169 Å². The van der Waals surface area contributed by atoms with Gasteiger partial charge in [-0.15, -0.1) is 0 Å². The Kier molecular flexibility index (Phi) is 5.46. The summed E-state index contributed by atoms with van der Waals surface area (Å²) in [6, 6.07) is 15.4. The van der Waals surface area contributed by atoms with Gasteiger partial charge < -0.3 is 5.32 Å². The number of amides is 1. The molecule has 1 aliphatic rings. The van der Waals surface area contributed by atoms with Crippen LogP contribution in [-0.4, -0.2) is 30.7 Å². The van der Waals surface area contributed by atoms with E-state index in [1.165, 1.54) is 12.1 Å². The van der Waals surface area contributed by atoms with Gasteiger partial charge in [0.25, 0.3) is 5.91 Å². The smallest absolute Gasteiger partial charge is 0.255 e. The van der Waals surface area contributed by atoms with E-state index in [0.717, 1.165) is 18.4 Å². The summed E-state index contributed by atoms with van der Waals surface area (Å²) < 4.78 is 29.3. The van der Waals surface area contributed by atoms with E-state index in [0.29, 0.717) is 30.3 Å². The molecule has 0 spiro atoms. The summed E-state index contributed by atoms with van der Waals surface area (Å²) in [5, 5.41) is 6.98. The van der Waals surface area contributed by atoms with Crippen LogP contribution in [0.4, 0.5) is 5.69 Å². The van der Waals surface area contributed by atoms with Crippen molar-refractivity contribution >= 4 is 21.6 Å². The van der Waals surface area contributed by atoms with Crippen LogP contribution in [0.5, 0.6) is 0 Å². The van der Waals surface area contributed by atoms with Crippen LogP contribution in [0, 0.1) is 5.92 Å². The topological polar surface area (TPSA) is 93.1 Å². The summed E-state index contributed by atoms with van der Waals surface area (Å²) in [7, 11) is -3.61. The molecule has 1 fully saturated rings. The number of hydrogen-bond donors (Lipinski definition) is 2. The second-order valence-electron chi connectivity index (χ2n) is 7.18. The molecule has 150 valence electrons. The molecule has 0 bridgehead atoms. The predicted molar refractivity (Wildman–Crippen MR) is 110 cm³/mol. The van der Waals surface area contributed by atoms with Crippen molar-refractivity contribution in [2.24, 2.45) is 5.92 Å². The highest BCUT2D eigenvalue weighted by atomic mass is 32.2. The van der Waals surface area contributed by atoms with E-state index in [1.54, 1.807) is 18.3 Å². The molecule has 1 amide bonds. The SMILES string of the molecule is O=C(Nc1ccc(Cn2cccn2)cc1)c1cccc(S(=O)(=O)NCC2CC2)c1. The van der Waals surface area contributed by atoms with Crippen LogP contribution in [0.1, 0.15) is 28.8 Å². The molecule has 0 atom stereocenters. The minimum atomic E-state index is -3.61. The van der Waals surface area contributed by atoms with E-state index in [2.05, 4.69) is 15.1 Å². The summed E-state index contributed by atoms with van der Waals surface area (Å²) >= 11 is 0. The Morgan fingerprint density at radius 2 is 1.90 bits per heavy atom. The first-order valence-corrected chi connectivity index (χ1v) is 11.0. The Morgan fingerprint density at radius 1 is 1.10 bits per heavy atom. The number of carbonyl (C=O) groups is 1. The van der Waals surface area contributed by atoms with Gasteiger partial charge in [-0.3, -0.25) is 9.48 Å². The maximum absolute atomic E-state index is 12.6. The number of nitrogens with one attached hydrogen (secondary N) is 2. The highest BCUT2D eigenvalue weighted by Gasteiger charge is 2.24. The molecule has 1 saturated carbocycles. The largest absolute Gasteiger partial charge is 0.322 e. The molecule has 2 aromatic carbocycles. The lowest BCUT2D eigenvalue weighted by Crippen LogP contribution is -2.26. The fourth-order valence-electron chi connectivity index (χ4n) is 2.92. The molecular formula is C21H22N4O3S. The van der Waals surface area contributed by atoms with Crippen molar-refractivity contribution in [2.75, 3.05) is 11.9 Å². The van der Waals surface area contributed by atoms with Crippen LogP contribution in [0.3, 0.4) is 0 Å². The quantitative estimate of drug-likeness (QED) is 0.597. The lowest BCUT2D eigenvalue weighted by atomic mass is 10.2. The number of carbonyl (C=O) groups excluding carboxylic acids is 1. The number of aromatic nitrogens is 2. The molecule has 4 rings (SSSR count). The Morgan fingerprint density at radius 3 is 2.59 bits per heavy atom. The van der Waals surface area contributed by atoms with Gasteiger partial charge >= 0.3 is 0 Å². The van der Waals surface area contributed by atoms with Crippen LogP contribution in [-0.2, 0) is 16.6 Å². The predicted octanol–water partition coefficient (Wildman–Crippen LogP) is 2.87. The highest BCUT2D eigenvalue weighted by molar-refractivity contribution is 7.89. The highest BCUT2D eigenvalue weighted by Crippen LogP contribution is 2.28. The molecule has 1 heterocycles. The zero-order chi connectivity index (χ0) is 20.3. The molecule has 1 aromatic heterocycles. The number of benzene rings is 2. The second kappa shape index (κ2) is 8.18. The van der Waals surface area contributed by atoms with E-state index in [-0.39, 0.29) is 10.8 Å². The van der Waals surface area contributed by atoms with Crippen molar-refractivity contribution < 1.29 is 13.2 Å². The number of rotatable bonds is 8. The first kappa shape index (κ1) is 19.4. The molecule has 3 aromatic rings. The maximum atomic E-state index is 12.6.